The molecule has 0 aliphatic rings. The Morgan fingerprint density at radius 3 is 2.50 bits per heavy atom. The number of guanidine groups is 1. The van der Waals surface area contributed by atoms with Gasteiger partial charge in [0.05, 0.1) is 17.1 Å². The molecule has 4 N–H and O–H groups in total. The molecule has 0 radical (unpaired) electrons. The Labute approximate surface area is 193 Å². The Kier molecular flexibility index (Phi) is 8.38. The van der Waals surface area contributed by atoms with Crippen LogP contribution in [0.15, 0.2) is 69.1 Å². The zero-order valence-corrected chi connectivity index (χ0v) is 19.8. The van der Waals surface area contributed by atoms with Crippen LogP contribution in [0.1, 0.15) is 16.8 Å². The fraction of sp³-hybridized carbons (Fsp3) is 0.200. The van der Waals surface area contributed by atoms with Gasteiger partial charge in [0, 0.05) is 19.2 Å². The molecule has 3 rings (SSSR count). The molecule has 0 atom stereocenters. The van der Waals surface area contributed by atoms with Crippen LogP contribution in [-0.2, 0) is 23.1 Å². The number of hydrogen-bond acceptors (Lipinski definition) is 5. The number of benzene rings is 2. The van der Waals surface area contributed by atoms with E-state index in [1.54, 1.807) is 25.4 Å². The number of aryl methyl sites for hydroxylation is 1. The smallest absolute Gasteiger partial charge is 0.238 e. The highest BCUT2D eigenvalue weighted by molar-refractivity contribution is 14.0. The Hall–Kier alpha value is -2.44. The van der Waals surface area contributed by atoms with E-state index in [9.17, 15) is 8.42 Å². The van der Waals surface area contributed by atoms with Gasteiger partial charge < -0.3 is 15.1 Å². The van der Waals surface area contributed by atoms with Crippen molar-refractivity contribution >= 4 is 40.0 Å². The Balaban J connectivity index is 0.00000320. The lowest BCUT2D eigenvalue weighted by atomic mass is 10.1. The summed E-state index contributed by atoms with van der Waals surface area (Å²) in [4.78, 5) is 8.71. The molecule has 3 aromatic rings. The van der Waals surface area contributed by atoms with Crippen molar-refractivity contribution < 1.29 is 12.8 Å². The third kappa shape index (κ3) is 6.54. The van der Waals surface area contributed by atoms with Gasteiger partial charge >= 0.3 is 0 Å². The first kappa shape index (κ1) is 23.8. The maximum absolute atomic E-state index is 11.5. The van der Waals surface area contributed by atoms with Gasteiger partial charge in [0.2, 0.25) is 15.9 Å². The fourth-order valence-electron chi connectivity index (χ4n) is 2.63. The molecule has 160 valence electrons. The first-order valence-electron chi connectivity index (χ1n) is 8.93. The standard InChI is InChI=1S/C20H23N5O3S.HI/c1-14-6-8-16(9-7-14)19-25-17(13-28-19)12-24-20(22-2)23-11-15-4-3-5-18(10-15)29(21,26)27;/h3-10,13H,11-12H2,1-2H3,(H2,21,26,27)(H2,22,23,24);1H. The second-order valence-electron chi connectivity index (χ2n) is 6.48. The summed E-state index contributed by atoms with van der Waals surface area (Å²) in [5, 5.41) is 11.4. The number of nitrogens with one attached hydrogen (secondary N) is 2. The topological polar surface area (TPSA) is 123 Å². The SMILES string of the molecule is CN=C(NCc1cccc(S(N)(=O)=O)c1)NCc1coc(-c2ccc(C)cc2)n1.I. The second kappa shape index (κ2) is 10.5. The van der Waals surface area contributed by atoms with Crippen LogP contribution in [0.2, 0.25) is 0 Å². The number of nitrogens with zero attached hydrogens (tertiary/aromatic N) is 2. The van der Waals surface area contributed by atoms with Gasteiger partial charge in [-0.25, -0.2) is 18.5 Å². The molecular formula is C20H24IN5O3S. The summed E-state index contributed by atoms with van der Waals surface area (Å²) < 4.78 is 28.5. The molecule has 0 bridgehead atoms. The van der Waals surface area contributed by atoms with Gasteiger partial charge in [0.25, 0.3) is 0 Å². The van der Waals surface area contributed by atoms with E-state index < -0.39 is 10.0 Å². The molecule has 2 aromatic carbocycles. The summed E-state index contributed by atoms with van der Waals surface area (Å²) in [6, 6.07) is 14.4. The van der Waals surface area contributed by atoms with E-state index in [0.29, 0.717) is 24.9 Å². The molecule has 1 aromatic heterocycles. The number of primary sulfonamides is 1. The third-order valence-electron chi connectivity index (χ3n) is 4.20. The van der Waals surface area contributed by atoms with E-state index in [1.165, 1.54) is 17.7 Å². The van der Waals surface area contributed by atoms with E-state index in [1.807, 2.05) is 31.2 Å². The molecule has 0 spiro atoms. The van der Waals surface area contributed by atoms with E-state index >= 15 is 0 Å². The second-order valence-corrected chi connectivity index (χ2v) is 8.04. The predicted octanol–water partition coefficient (Wildman–Crippen LogP) is 2.78. The predicted molar refractivity (Wildman–Crippen MR) is 127 cm³/mol. The molecule has 0 saturated heterocycles. The molecule has 0 unspecified atom stereocenters. The van der Waals surface area contributed by atoms with Crippen LogP contribution in [0, 0.1) is 6.92 Å². The highest BCUT2D eigenvalue weighted by Gasteiger charge is 2.09. The molecular weight excluding hydrogens is 517 g/mol. The minimum absolute atomic E-state index is 0. The highest BCUT2D eigenvalue weighted by Crippen LogP contribution is 2.19. The molecule has 0 saturated carbocycles. The van der Waals surface area contributed by atoms with Crippen molar-refractivity contribution in [1.82, 2.24) is 15.6 Å². The first-order valence-corrected chi connectivity index (χ1v) is 10.5. The fourth-order valence-corrected chi connectivity index (χ4v) is 3.21. The van der Waals surface area contributed by atoms with Crippen molar-refractivity contribution in [2.75, 3.05) is 7.05 Å². The molecule has 30 heavy (non-hydrogen) atoms. The van der Waals surface area contributed by atoms with Crippen LogP contribution >= 0.6 is 24.0 Å². The van der Waals surface area contributed by atoms with E-state index in [-0.39, 0.29) is 28.9 Å². The molecule has 10 heteroatoms. The molecule has 0 aliphatic carbocycles. The number of aliphatic imine (C=N–C) groups is 1. The number of nitrogens with two attached hydrogens (primary N) is 1. The summed E-state index contributed by atoms with van der Waals surface area (Å²) in [7, 11) is -2.08. The molecule has 0 aliphatic heterocycles. The summed E-state index contributed by atoms with van der Waals surface area (Å²) in [6.07, 6.45) is 1.60. The van der Waals surface area contributed by atoms with Crippen LogP contribution in [0.3, 0.4) is 0 Å². The minimum Gasteiger partial charge on any atom is -0.444 e. The number of hydrogen-bond donors (Lipinski definition) is 3. The highest BCUT2D eigenvalue weighted by atomic mass is 127. The Morgan fingerprint density at radius 1 is 1.13 bits per heavy atom. The van der Waals surface area contributed by atoms with Crippen molar-refractivity contribution in [1.29, 1.82) is 0 Å². The van der Waals surface area contributed by atoms with Gasteiger partial charge in [-0.1, -0.05) is 29.8 Å². The Bertz CT molecular complexity index is 1110. The monoisotopic (exact) mass is 541 g/mol. The van der Waals surface area contributed by atoms with Crippen LogP contribution in [0.4, 0.5) is 0 Å². The number of halogens is 1. The normalized spacial score (nSPS) is 11.6. The van der Waals surface area contributed by atoms with Gasteiger partial charge in [-0.15, -0.1) is 24.0 Å². The molecule has 0 fully saturated rings. The quantitative estimate of drug-likeness (QED) is 0.251. The number of oxazole rings is 1. The van der Waals surface area contributed by atoms with Crippen LogP contribution in [0.5, 0.6) is 0 Å². The summed E-state index contributed by atoms with van der Waals surface area (Å²) >= 11 is 0. The lowest BCUT2D eigenvalue weighted by molar-refractivity contribution is 0.572. The molecule has 0 amide bonds. The largest absolute Gasteiger partial charge is 0.444 e. The minimum atomic E-state index is -3.73. The van der Waals surface area contributed by atoms with Gasteiger partial charge in [-0.05, 0) is 36.8 Å². The Morgan fingerprint density at radius 2 is 1.83 bits per heavy atom. The third-order valence-corrected chi connectivity index (χ3v) is 5.11. The van der Waals surface area contributed by atoms with Gasteiger partial charge in [0.15, 0.2) is 5.96 Å². The number of sulfonamides is 1. The van der Waals surface area contributed by atoms with Crippen molar-refractivity contribution in [3.63, 3.8) is 0 Å². The van der Waals surface area contributed by atoms with Crippen molar-refractivity contribution in [3.05, 3.63) is 71.6 Å². The number of aromatic nitrogens is 1. The van der Waals surface area contributed by atoms with Gasteiger partial charge in [-0.2, -0.15) is 0 Å². The molecule has 8 nitrogen and oxygen atoms in total. The lowest BCUT2D eigenvalue weighted by Crippen LogP contribution is -2.36. The van der Waals surface area contributed by atoms with Crippen LogP contribution in [-0.4, -0.2) is 26.4 Å². The summed E-state index contributed by atoms with van der Waals surface area (Å²) in [6.45, 7) is 2.83. The van der Waals surface area contributed by atoms with E-state index in [2.05, 4.69) is 20.6 Å². The van der Waals surface area contributed by atoms with E-state index in [4.69, 9.17) is 9.56 Å². The lowest BCUT2D eigenvalue weighted by Gasteiger charge is -2.11. The van der Waals surface area contributed by atoms with Crippen molar-refractivity contribution in [2.24, 2.45) is 10.1 Å². The summed E-state index contributed by atoms with van der Waals surface area (Å²) in [5.74, 6) is 1.11. The molecule has 1 heterocycles. The maximum Gasteiger partial charge on any atom is 0.238 e. The van der Waals surface area contributed by atoms with Crippen molar-refractivity contribution in [3.8, 4) is 11.5 Å². The average molecular weight is 541 g/mol. The zero-order chi connectivity index (χ0) is 20.9. The van der Waals surface area contributed by atoms with Crippen LogP contribution in [0.25, 0.3) is 11.5 Å². The van der Waals surface area contributed by atoms with Crippen molar-refractivity contribution in [2.45, 2.75) is 24.9 Å². The maximum atomic E-state index is 11.5. The van der Waals surface area contributed by atoms with Gasteiger partial charge in [-0.3, -0.25) is 4.99 Å². The zero-order valence-electron chi connectivity index (χ0n) is 16.6. The average Bonchev–Trinajstić information content (AvgIpc) is 3.17. The van der Waals surface area contributed by atoms with E-state index in [0.717, 1.165) is 16.8 Å². The first-order chi connectivity index (χ1) is 13.8. The summed E-state index contributed by atoms with van der Waals surface area (Å²) in [5.41, 5.74) is 3.59. The van der Waals surface area contributed by atoms with Gasteiger partial charge in [0.1, 0.15) is 6.26 Å². The number of rotatable bonds is 6. The van der Waals surface area contributed by atoms with Crippen LogP contribution < -0.4 is 15.8 Å².